The second kappa shape index (κ2) is 5.61. The molecule has 0 spiro atoms. The van der Waals surface area contributed by atoms with Gasteiger partial charge in [0.2, 0.25) is 0 Å². The number of thiophene rings is 1. The number of nitrogens with one attached hydrogen (secondary N) is 1. The van der Waals surface area contributed by atoms with Crippen LogP contribution in [0.1, 0.15) is 15.9 Å². The van der Waals surface area contributed by atoms with E-state index in [9.17, 15) is 9.59 Å². The summed E-state index contributed by atoms with van der Waals surface area (Å²) >= 11 is 1.46. The van der Waals surface area contributed by atoms with Gasteiger partial charge in [0.05, 0.1) is 22.6 Å². The molecule has 3 aromatic rings. The number of carbonyl (C=O) groups is 1. The summed E-state index contributed by atoms with van der Waals surface area (Å²) in [5.41, 5.74) is 2.23. The number of rotatable bonds is 2. The van der Waals surface area contributed by atoms with Crippen LogP contribution >= 0.6 is 11.3 Å². The number of pyridine rings is 2. The lowest BCUT2D eigenvalue weighted by molar-refractivity contribution is 0.0696. The van der Waals surface area contributed by atoms with Gasteiger partial charge in [0.15, 0.2) is 0 Å². The van der Waals surface area contributed by atoms with Gasteiger partial charge in [-0.3, -0.25) is 9.78 Å². The van der Waals surface area contributed by atoms with Crippen molar-refractivity contribution in [1.82, 2.24) is 9.97 Å². The van der Waals surface area contributed by atoms with Crippen LogP contribution in [-0.4, -0.2) is 27.7 Å². The Morgan fingerprint density at radius 3 is 3.04 bits per heavy atom. The lowest BCUT2D eigenvalue weighted by Gasteiger charge is -2.07. The fourth-order valence-electron chi connectivity index (χ4n) is 2.68. The minimum atomic E-state index is -1.04. The molecule has 0 fully saturated rings. The van der Waals surface area contributed by atoms with E-state index in [4.69, 9.17) is 9.84 Å². The van der Waals surface area contributed by atoms with Crippen LogP contribution in [0.15, 0.2) is 41.5 Å². The Bertz CT molecular complexity index is 1010. The molecule has 0 saturated heterocycles. The van der Waals surface area contributed by atoms with Crippen molar-refractivity contribution in [3.63, 3.8) is 0 Å². The van der Waals surface area contributed by atoms with Gasteiger partial charge in [0, 0.05) is 23.7 Å². The topological polar surface area (TPSA) is 92.3 Å². The van der Waals surface area contributed by atoms with Crippen LogP contribution in [-0.2, 0) is 6.42 Å². The summed E-state index contributed by atoms with van der Waals surface area (Å²) in [5, 5.41) is 9.10. The number of fused-ring (bicyclic) bond motifs is 3. The van der Waals surface area contributed by atoms with Crippen LogP contribution in [0.4, 0.5) is 0 Å². The van der Waals surface area contributed by atoms with Crippen LogP contribution in [0.2, 0.25) is 0 Å². The molecule has 0 unspecified atom stereocenters. The Balaban J connectivity index is 1.87. The van der Waals surface area contributed by atoms with Crippen LogP contribution in [0.25, 0.3) is 21.0 Å². The first-order chi connectivity index (χ1) is 11.6. The molecular formula is C17H12N2O4S. The number of aromatic amines is 1. The van der Waals surface area contributed by atoms with E-state index in [1.807, 2.05) is 6.07 Å². The van der Waals surface area contributed by atoms with E-state index in [2.05, 4.69) is 9.97 Å². The van der Waals surface area contributed by atoms with Gasteiger partial charge in [-0.2, -0.15) is 0 Å². The summed E-state index contributed by atoms with van der Waals surface area (Å²) in [6.45, 7) is 0.437. The zero-order valence-electron chi connectivity index (χ0n) is 12.4. The van der Waals surface area contributed by atoms with Crippen LogP contribution in [0, 0.1) is 0 Å². The SMILES string of the molecule is O=C(O)c1cnc2c(c1)OCCc1cc(-c3ccc[nH]c3=O)sc1-2. The van der Waals surface area contributed by atoms with Crippen LogP contribution in [0.3, 0.4) is 0 Å². The van der Waals surface area contributed by atoms with E-state index < -0.39 is 5.97 Å². The molecule has 4 rings (SSSR count). The Kier molecular flexibility index (Phi) is 3.42. The van der Waals surface area contributed by atoms with E-state index in [-0.39, 0.29) is 11.1 Å². The van der Waals surface area contributed by atoms with Gasteiger partial charge in [0.1, 0.15) is 11.4 Å². The van der Waals surface area contributed by atoms with E-state index >= 15 is 0 Å². The first kappa shape index (κ1) is 14.6. The monoisotopic (exact) mass is 340 g/mol. The quantitative estimate of drug-likeness (QED) is 0.748. The van der Waals surface area contributed by atoms with Crippen molar-refractivity contribution in [3.8, 4) is 26.8 Å². The predicted molar refractivity (Wildman–Crippen MR) is 89.8 cm³/mol. The summed E-state index contributed by atoms with van der Waals surface area (Å²) in [5.74, 6) is -0.579. The molecule has 0 aliphatic carbocycles. The first-order valence-corrected chi connectivity index (χ1v) is 8.12. The zero-order chi connectivity index (χ0) is 16.7. The molecule has 0 radical (unpaired) electrons. The number of nitrogens with zero attached hydrogens (tertiary/aromatic N) is 1. The maximum Gasteiger partial charge on any atom is 0.337 e. The maximum atomic E-state index is 12.0. The number of aromatic carboxylic acids is 1. The standard InChI is InChI=1S/C17H12N2O4S/c20-16-11(2-1-4-18-16)13-7-9-3-5-23-12-6-10(17(21)22)8-19-14(12)15(9)24-13/h1-2,4,6-8H,3,5H2,(H,18,20)(H,21,22). The molecule has 3 aromatic heterocycles. The summed E-state index contributed by atoms with van der Waals surface area (Å²) in [6, 6.07) is 7.04. The lowest BCUT2D eigenvalue weighted by Crippen LogP contribution is -2.06. The van der Waals surface area contributed by atoms with E-state index in [0.29, 0.717) is 30.0 Å². The molecule has 1 aliphatic heterocycles. The molecule has 4 heterocycles. The second-order valence-corrected chi connectivity index (χ2v) is 6.40. The molecule has 120 valence electrons. The molecule has 0 saturated carbocycles. The number of H-pyrrole nitrogens is 1. The largest absolute Gasteiger partial charge is 0.491 e. The van der Waals surface area contributed by atoms with Crippen molar-refractivity contribution in [2.75, 3.05) is 6.61 Å². The van der Waals surface area contributed by atoms with E-state index in [1.165, 1.54) is 23.6 Å². The first-order valence-electron chi connectivity index (χ1n) is 7.31. The number of carboxylic acid groups (broad SMARTS) is 1. The van der Waals surface area contributed by atoms with Gasteiger partial charge in [-0.15, -0.1) is 11.3 Å². The van der Waals surface area contributed by atoms with Gasteiger partial charge >= 0.3 is 5.97 Å². The summed E-state index contributed by atoms with van der Waals surface area (Å²) < 4.78 is 5.66. The van der Waals surface area contributed by atoms with Crippen LogP contribution < -0.4 is 10.3 Å². The Morgan fingerprint density at radius 1 is 1.38 bits per heavy atom. The van der Waals surface area contributed by atoms with Crippen molar-refractivity contribution in [3.05, 3.63) is 58.1 Å². The van der Waals surface area contributed by atoms with Crippen molar-refractivity contribution in [2.24, 2.45) is 0 Å². The molecule has 24 heavy (non-hydrogen) atoms. The van der Waals surface area contributed by atoms with Gasteiger partial charge in [0.25, 0.3) is 5.56 Å². The summed E-state index contributed by atoms with van der Waals surface area (Å²) in [6.07, 6.45) is 3.60. The molecule has 1 aliphatic rings. The van der Waals surface area contributed by atoms with Crippen LogP contribution in [0.5, 0.6) is 5.75 Å². The highest BCUT2D eigenvalue weighted by Gasteiger charge is 2.22. The minimum absolute atomic E-state index is 0.0912. The highest BCUT2D eigenvalue weighted by atomic mass is 32.1. The molecule has 7 heteroatoms. The maximum absolute atomic E-state index is 12.0. The second-order valence-electron chi connectivity index (χ2n) is 5.35. The van der Waals surface area contributed by atoms with Gasteiger partial charge in [-0.1, -0.05) is 0 Å². The van der Waals surface area contributed by atoms with Gasteiger partial charge in [-0.05, 0) is 29.8 Å². The fraction of sp³-hybridized carbons (Fsp3) is 0.118. The Labute approximate surface area is 140 Å². The van der Waals surface area contributed by atoms with Crippen molar-refractivity contribution in [2.45, 2.75) is 6.42 Å². The minimum Gasteiger partial charge on any atom is -0.491 e. The summed E-state index contributed by atoms with van der Waals surface area (Å²) in [7, 11) is 0. The zero-order valence-corrected chi connectivity index (χ0v) is 13.2. The molecule has 0 amide bonds. The van der Waals surface area contributed by atoms with Crippen molar-refractivity contribution in [1.29, 1.82) is 0 Å². The molecule has 0 aromatic carbocycles. The number of aromatic nitrogens is 2. The third-order valence-corrected chi connectivity index (χ3v) is 5.05. The van der Waals surface area contributed by atoms with Gasteiger partial charge < -0.3 is 14.8 Å². The predicted octanol–water partition coefficient (Wildman–Crippen LogP) is 2.80. The molecule has 0 atom stereocenters. The summed E-state index contributed by atoms with van der Waals surface area (Å²) in [4.78, 5) is 31.9. The Hall–Kier alpha value is -2.93. The third-order valence-electron chi connectivity index (χ3n) is 3.84. The number of ether oxygens (including phenoxy) is 1. The number of carboxylic acids is 1. The number of hydrogen-bond donors (Lipinski definition) is 2. The highest BCUT2D eigenvalue weighted by Crippen LogP contribution is 2.42. The van der Waals surface area contributed by atoms with Crippen molar-refractivity contribution < 1.29 is 14.6 Å². The average Bonchev–Trinajstić information content (AvgIpc) is 2.91. The van der Waals surface area contributed by atoms with E-state index in [0.717, 1.165) is 15.3 Å². The highest BCUT2D eigenvalue weighted by molar-refractivity contribution is 7.19. The average molecular weight is 340 g/mol. The van der Waals surface area contributed by atoms with Gasteiger partial charge in [-0.25, -0.2) is 4.79 Å². The third kappa shape index (κ3) is 2.39. The molecule has 0 bridgehead atoms. The number of hydrogen-bond acceptors (Lipinski definition) is 5. The molecule has 2 N–H and O–H groups in total. The van der Waals surface area contributed by atoms with E-state index in [1.54, 1.807) is 18.3 Å². The smallest absolute Gasteiger partial charge is 0.337 e. The Morgan fingerprint density at radius 2 is 2.25 bits per heavy atom. The fourth-order valence-corrected chi connectivity index (χ4v) is 3.91. The normalized spacial score (nSPS) is 12.7. The lowest BCUT2D eigenvalue weighted by atomic mass is 10.1. The molecule has 6 nitrogen and oxygen atoms in total. The van der Waals surface area contributed by atoms with Crippen molar-refractivity contribution >= 4 is 17.3 Å². The molecular weight excluding hydrogens is 328 g/mol.